The summed E-state index contributed by atoms with van der Waals surface area (Å²) in [7, 11) is 1.60. The third-order valence-corrected chi connectivity index (χ3v) is 2.46. The van der Waals surface area contributed by atoms with Crippen LogP contribution in [0.25, 0.3) is 0 Å². The van der Waals surface area contributed by atoms with Crippen molar-refractivity contribution in [2.45, 2.75) is 13.2 Å². The van der Waals surface area contributed by atoms with E-state index >= 15 is 0 Å². The summed E-state index contributed by atoms with van der Waals surface area (Å²) in [6.45, 7) is 0.755. The standard InChI is InChI=1S/C13H16N4O3/c1-19-8-11-5-10(16-17-11)6-15-13(18)9-20-12-3-2-4-14-7-12/h2-5,7H,6,8-9H2,1H3,(H,15,18)(H,16,17). The fourth-order valence-corrected chi connectivity index (χ4v) is 1.55. The van der Waals surface area contributed by atoms with Gasteiger partial charge < -0.3 is 14.8 Å². The molecule has 0 bridgehead atoms. The molecule has 20 heavy (non-hydrogen) atoms. The molecular weight excluding hydrogens is 260 g/mol. The molecule has 0 radical (unpaired) electrons. The molecular formula is C13H16N4O3. The number of H-pyrrole nitrogens is 1. The van der Waals surface area contributed by atoms with Crippen molar-refractivity contribution in [1.29, 1.82) is 0 Å². The second kappa shape index (κ2) is 7.25. The van der Waals surface area contributed by atoms with Gasteiger partial charge >= 0.3 is 0 Å². The second-order valence-corrected chi connectivity index (χ2v) is 4.07. The average molecular weight is 276 g/mol. The summed E-state index contributed by atoms with van der Waals surface area (Å²) in [5.41, 5.74) is 1.61. The molecule has 0 aromatic carbocycles. The maximum Gasteiger partial charge on any atom is 0.258 e. The highest BCUT2D eigenvalue weighted by Gasteiger charge is 2.05. The molecule has 2 aromatic rings. The Morgan fingerprint density at radius 3 is 3.15 bits per heavy atom. The Hall–Kier alpha value is -2.41. The summed E-state index contributed by atoms with van der Waals surface area (Å²) in [6.07, 6.45) is 3.20. The van der Waals surface area contributed by atoms with Gasteiger partial charge in [0.05, 0.1) is 30.7 Å². The fourth-order valence-electron chi connectivity index (χ4n) is 1.55. The number of hydrogen-bond donors (Lipinski definition) is 2. The molecule has 2 rings (SSSR count). The monoisotopic (exact) mass is 276 g/mol. The van der Waals surface area contributed by atoms with Gasteiger partial charge in [0, 0.05) is 13.3 Å². The highest BCUT2D eigenvalue weighted by molar-refractivity contribution is 5.77. The minimum absolute atomic E-state index is 0.0508. The first-order valence-corrected chi connectivity index (χ1v) is 6.09. The lowest BCUT2D eigenvalue weighted by Gasteiger charge is -2.05. The lowest BCUT2D eigenvalue weighted by atomic mass is 10.3. The van der Waals surface area contributed by atoms with Crippen LogP contribution in [0.15, 0.2) is 30.6 Å². The molecule has 0 saturated heterocycles. The number of nitrogens with one attached hydrogen (secondary N) is 2. The number of methoxy groups -OCH3 is 1. The molecule has 7 nitrogen and oxygen atoms in total. The Labute approximate surface area is 116 Å². The number of aromatic amines is 1. The third-order valence-electron chi connectivity index (χ3n) is 2.46. The zero-order valence-electron chi connectivity index (χ0n) is 11.1. The smallest absolute Gasteiger partial charge is 0.258 e. The van der Waals surface area contributed by atoms with Crippen LogP contribution in [0.5, 0.6) is 5.75 Å². The zero-order valence-corrected chi connectivity index (χ0v) is 11.1. The number of carbonyl (C=O) groups is 1. The lowest BCUT2D eigenvalue weighted by Crippen LogP contribution is -2.28. The van der Waals surface area contributed by atoms with Gasteiger partial charge in [-0.2, -0.15) is 5.10 Å². The zero-order chi connectivity index (χ0) is 14.2. The first kappa shape index (κ1) is 14.0. The number of nitrogens with zero attached hydrogens (tertiary/aromatic N) is 2. The number of hydrogen-bond acceptors (Lipinski definition) is 5. The Bertz CT molecular complexity index is 542. The van der Waals surface area contributed by atoms with Crippen LogP contribution >= 0.6 is 0 Å². The van der Waals surface area contributed by atoms with Crippen molar-refractivity contribution >= 4 is 5.91 Å². The molecule has 2 N–H and O–H groups in total. The topological polar surface area (TPSA) is 89.1 Å². The fraction of sp³-hybridized carbons (Fsp3) is 0.308. The van der Waals surface area contributed by atoms with Gasteiger partial charge in [0.15, 0.2) is 6.61 Å². The highest BCUT2D eigenvalue weighted by Crippen LogP contribution is 2.05. The highest BCUT2D eigenvalue weighted by atomic mass is 16.5. The van der Waals surface area contributed by atoms with E-state index in [1.165, 1.54) is 0 Å². The normalized spacial score (nSPS) is 10.2. The molecule has 7 heteroatoms. The Morgan fingerprint density at radius 2 is 2.40 bits per heavy atom. The van der Waals surface area contributed by atoms with E-state index in [-0.39, 0.29) is 12.5 Å². The summed E-state index contributed by atoms with van der Waals surface area (Å²) in [4.78, 5) is 15.5. The summed E-state index contributed by atoms with van der Waals surface area (Å²) in [6, 6.07) is 5.33. The summed E-state index contributed by atoms with van der Waals surface area (Å²) < 4.78 is 10.2. The van der Waals surface area contributed by atoms with Gasteiger partial charge in [-0.05, 0) is 18.2 Å². The molecule has 0 unspecified atom stereocenters. The van der Waals surface area contributed by atoms with Crippen LogP contribution < -0.4 is 10.1 Å². The summed E-state index contributed by atoms with van der Waals surface area (Å²) in [5.74, 6) is 0.350. The van der Waals surface area contributed by atoms with Gasteiger partial charge in [-0.3, -0.25) is 14.9 Å². The molecule has 1 amide bonds. The second-order valence-electron chi connectivity index (χ2n) is 4.07. The lowest BCUT2D eigenvalue weighted by molar-refractivity contribution is -0.123. The van der Waals surface area contributed by atoms with Crippen LogP contribution in [-0.2, 0) is 22.7 Å². The number of aromatic nitrogens is 3. The maximum atomic E-state index is 11.6. The van der Waals surface area contributed by atoms with E-state index in [1.807, 2.05) is 6.07 Å². The van der Waals surface area contributed by atoms with E-state index in [0.29, 0.717) is 18.9 Å². The minimum Gasteiger partial charge on any atom is -0.482 e. The van der Waals surface area contributed by atoms with E-state index < -0.39 is 0 Å². The van der Waals surface area contributed by atoms with Crippen molar-refractivity contribution in [2.75, 3.05) is 13.7 Å². The minimum atomic E-state index is -0.211. The maximum absolute atomic E-state index is 11.6. The van der Waals surface area contributed by atoms with Crippen molar-refractivity contribution in [3.63, 3.8) is 0 Å². The van der Waals surface area contributed by atoms with Crippen LogP contribution in [0.4, 0.5) is 0 Å². The Morgan fingerprint density at radius 1 is 1.50 bits per heavy atom. The number of carbonyl (C=O) groups excluding carboxylic acids is 1. The van der Waals surface area contributed by atoms with E-state index in [2.05, 4.69) is 20.5 Å². The van der Waals surface area contributed by atoms with Crippen LogP contribution in [0, 0.1) is 0 Å². The van der Waals surface area contributed by atoms with Gasteiger partial charge in [-0.1, -0.05) is 0 Å². The molecule has 0 atom stereocenters. The SMILES string of the molecule is COCc1cc(CNC(=O)COc2cccnc2)[nH]n1. The first-order valence-electron chi connectivity index (χ1n) is 6.09. The third kappa shape index (κ3) is 4.36. The first-order chi connectivity index (χ1) is 9.78. The molecule has 0 spiro atoms. The molecule has 106 valence electrons. The Kier molecular flexibility index (Phi) is 5.08. The van der Waals surface area contributed by atoms with E-state index in [4.69, 9.17) is 9.47 Å². The van der Waals surface area contributed by atoms with E-state index in [0.717, 1.165) is 11.4 Å². The van der Waals surface area contributed by atoms with Gasteiger partial charge in [-0.25, -0.2) is 0 Å². The van der Waals surface area contributed by atoms with E-state index in [9.17, 15) is 4.79 Å². The van der Waals surface area contributed by atoms with Crippen molar-refractivity contribution in [2.24, 2.45) is 0 Å². The molecule has 2 aromatic heterocycles. The van der Waals surface area contributed by atoms with Crippen molar-refractivity contribution in [3.05, 3.63) is 42.0 Å². The van der Waals surface area contributed by atoms with Crippen molar-refractivity contribution < 1.29 is 14.3 Å². The quantitative estimate of drug-likeness (QED) is 0.775. The van der Waals surface area contributed by atoms with E-state index in [1.54, 1.807) is 31.6 Å². The van der Waals surface area contributed by atoms with Gasteiger partial charge in [0.2, 0.25) is 0 Å². The Balaban J connectivity index is 1.71. The van der Waals surface area contributed by atoms with Gasteiger partial charge in [0.25, 0.3) is 5.91 Å². The molecule has 0 aliphatic rings. The molecule has 0 aliphatic carbocycles. The number of amides is 1. The number of rotatable bonds is 7. The molecule has 0 fully saturated rings. The average Bonchev–Trinajstić information content (AvgIpc) is 2.92. The van der Waals surface area contributed by atoms with Crippen LogP contribution in [0.2, 0.25) is 0 Å². The van der Waals surface area contributed by atoms with Crippen LogP contribution in [-0.4, -0.2) is 34.8 Å². The molecule has 0 aliphatic heterocycles. The molecule has 2 heterocycles. The van der Waals surface area contributed by atoms with Gasteiger partial charge in [0.1, 0.15) is 5.75 Å². The largest absolute Gasteiger partial charge is 0.482 e. The molecule has 0 saturated carbocycles. The van der Waals surface area contributed by atoms with Crippen molar-refractivity contribution in [3.8, 4) is 5.75 Å². The van der Waals surface area contributed by atoms with Crippen LogP contribution in [0.1, 0.15) is 11.4 Å². The number of ether oxygens (including phenoxy) is 2. The summed E-state index contributed by atoms with van der Waals surface area (Å²) in [5, 5.41) is 9.59. The number of pyridine rings is 1. The van der Waals surface area contributed by atoms with Gasteiger partial charge in [-0.15, -0.1) is 0 Å². The predicted octanol–water partition coefficient (Wildman–Crippen LogP) is 0.646. The predicted molar refractivity (Wildman–Crippen MR) is 70.9 cm³/mol. The van der Waals surface area contributed by atoms with Crippen LogP contribution in [0.3, 0.4) is 0 Å². The summed E-state index contributed by atoms with van der Waals surface area (Å²) >= 11 is 0. The van der Waals surface area contributed by atoms with Crippen molar-refractivity contribution in [1.82, 2.24) is 20.5 Å².